The van der Waals surface area contributed by atoms with E-state index in [4.69, 9.17) is 9.15 Å². The van der Waals surface area contributed by atoms with Crippen LogP contribution in [0.1, 0.15) is 49.1 Å². The number of carboxylic acids is 2. The van der Waals surface area contributed by atoms with Crippen LogP contribution < -0.4 is 4.74 Å². The number of para-hydroxylation sites is 2. The Morgan fingerprint density at radius 1 is 0.936 bits per heavy atom. The topological polar surface area (TPSA) is 150 Å². The molecule has 242 valence electrons. The van der Waals surface area contributed by atoms with Crippen LogP contribution in [0.4, 0.5) is 0 Å². The number of benzene rings is 4. The van der Waals surface area contributed by atoms with E-state index in [1.807, 2.05) is 79.7 Å². The number of methoxy groups -OCH3 is 1. The average molecular weight is 637 g/mol. The molecular formula is C37H36N2O8. The van der Waals surface area contributed by atoms with Crippen molar-refractivity contribution in [3.05, 3.63) is 108 Å². The number of carbonyl (C=O) groups is 3. The van der Waals surface area contributed by atoms with Crippen LogP contribution in [0.2, 0.25) is 0 Å². The lowest BCUT2D eigenvalue weighted by molar-refractivity contribution is -0.151. The zero-order chi connectivity index (χ0) is 33.5. The number of fused-ring (bicyclic) bond motifs is 2. The van der Waals surface area contributed by atoms with Crippen LogP contribution in [0.15, 0.2) is 95.4 Å². The van der Waals surface area contributed by atoms with Crippen LogP contribution in [-0.2, 0) is 20.9 Å². The molecule has 4 aromatic carbocycles. The number of allylic oxidation sites excluding steroid dienone is 1. The number of rotatable bonds is 14. The van der Waals surface area contributed by atoms with Gasteiger partial charge in [0.25, 0.3) is 0 Å². The first kappa shape index (κ1) is 32.7. The molecule has 5 rings (SSSR count). The number of ether oxygens (including phenoxy) is 1. The van der Waals surface area contributed by atoms with Crippen molar-refractivity contribution in [1.82, 2.24) is 9.88 Å². The fourth-order valence-corrected chi connectivity index (χ4v) is 5.81. The van der Waals surface area contributed by atoms with Crippen molar-refractivity contribution < 1.29 is 38.9 Å². The molecule has 10 heteroatoms. The van der Waals surface area contributed by atoms with Gasteiger partial charge in [0.05, 0.1) is 19.4 Å². The number of aromatic hydroxyl groups is 1. The van der Waals surface area contributed by atoms with Crippen LogP contribution >= 0.6 is 0 Å². The lowest BCUT2D eigenvalue weighted by Gasteiger charge is -2.36. The first-order chi connectivity index (χ1) is 22.6. The Hall–Kier alpha value is -5.64. The maximum Gasteiger partial charge on any atom is 0.307 e. The molecule has 0 aliphatic heterocycles. The standard InChI is InChI=1S/C37H36N2O8/c1-23(29(27-16-17-31(40)33(19-27)46-2)10-7-13-34-38-30-11-5-6-12-32(30)47-34)39(35(41)20-28(37(44)45)21-36(42)43)22-24-14-15-25-8-3-4-9-26(25)18-24/h3-9,11-19,23,28-29,40H,10,20-22H2,1-2H3,(H,42,43)(H,44,45)/b13-7+/t23-,28-,29+/m1/s1. The summed E-state index contributed by atoms with van der Waals surface area (Å²) in [4.78, 5) is 43.6. The average Bonchev–Trinajstić information content (AvgIpc) is 3.48. The summed E-state index contributed by atoms with van der Waals surface area (Å²) in [7, 11) is 1.45. The number of phenolic OH excluding ortho intramolecular Hbond substituents is 1. The minimum atomic E-state index is -1.39. The minimum absolute atomic E-state index is 0.0354. The van der Waals surface area contributed by atoms with Gasteiger partial charge in [-0.3, -0.25) is 14.4 Å². The zero-order valence-electron chi connectivity index (χ0n) is 26.1. The van der Waals surface area contributed by atoms with Gasteiger partial charge in [-0.05, 0) is 71.7 Å². The van der Waals surface area contributed by atoms with Gasteiger partial charge in [-0.1, -0.05) is 60.7 Å². The smallest absolute Gasteiger partial charge is 0.307 e. The molecule has 0 radical (unpaired) electrons. The fourth-order valence-electron chi connectivity index (χ4n) is 5.81. The van der Waals surface area contributed by atoms with Gasteiger partial charge < -0.3 is 29.4 Å². The molecule has 0 fully saturated rings. The van der Waals surface area contributed by atoms with Crippen molar-refractivity contribution in [3.8, 4) is 11.5 Å². The number of carbonyl (C=O) groups excluding carboxylic acids is 1. The van der Waals surface area contributed by atoms with E-state index in [2.05, 4.69) is 4.98 Å². The quantitative estimate of drug-likeness (QED) is 0.119. The Morgan fingerprint density at radius 2 is 1.68 bits per heavy atom. The molecule has 0 spiro atoms. The number of hydrogen-bond donors (Lipinski definition) is 3. The summed E-state index contributed by atoms with van der Waals surface area (Å²) in [5, 5.41) is 31.4. The summed E-state index contributed by atoms with van der Waals surface area (Å²) in [6, 6.07) is 25.6. The molecule has 0 saturated carbocycles. The van der Waals surface area contributed by atoms with Crippen molar-refractivity contribution in [1.29, 1.82) is 0 Å². The molecule has 1 heterocycles. The monoisotopic (exact) mass is 636 g/mol. The molecule has 0 aliphatic rings. The number of oxazole rings is 1. The summed E-state index contributed by atoms with van der Waals surface area (Å²) in [6.07, 6.45) is 2.91. The van der Waals surface area contributed by atoms with E-state index in [0.29, 0.717) is 17.9 Å². The Kier molecular flexibility index (Phi) is 10.2. The van der Waals surface area contributed by atoms with Crippen molar-refractivity contribution >= 4 is 45.8 Å². The van der Waals surface area contributed by atoms with Crippen LogP contribution in [0.5, 0.6) is 11.5 Å². The SMILES string of the molecule is COc1cc([C@@H](C/C=C/c2nc3ccccc3o2)[C@@H](C)N(Cc2ccc3ccccc3c2)C(=O)C[C@H](CC(=O)O)C(=O)O)ccc1O. The second-order valence-corrected chi connectivity index (χ2v) is 11.5. The van der Waals surface area contributed by atoms with Gasteiger partial charge in [0.15, 0.2) is 17.1 Å². The molecule has 0 saturated heterocycles. The molecule has 1 aromatic heterocycles. The van der Waals surface area contributed by atoms with Gasteiger partial charge in [0, 0.05) is 24.9 Å². The zero-order valence-corrected chi connectivity index (χ0v) is 26.1. The van der Waals surface area contributed by atoms with E-state index >= 15 is 0 Å². The van der Waals surface area contributed by atoms with E-state index in [-0.39, 0.29) is 24.0 Å². The van der Waals surface area contributed by atoms with Crippen LogP contribution in [0.25, 0.3) is 27.9 Å². The summed E-state index contributed by atoms with van der Waals surface area (Å²) in [5.41, 5.74) is 2.98. The van der Waals surface area contributed by atoms with Crippen LogP contribution in [-0.4, -0.2) is 56.2 Å². The van der Waals surface area contributed by atoms with Gasteiger partial charge in [-0.25, -0.2) is 4.98 Å². The number of aromatic nitrogens is 1. The summed E-state index contributed by atoms with van der Waals surface area (Å²) >= 11 is 0. The summed E-state index contributed by atoms with van der Waals surface area (Å²) in [6.45, 7) is 2.04. The molecule has 1 amide bonds. The maximum atomic E-state index is 14.0. The molecule has 0 unspecified atom stereocenters. The molecule has 3 atom stereocenters. The predicted molar refractivity (Wildman–Crippen MR) is 177 cm³/mol. The van der Waals surface area contributed by atoms with E-state index in [1.165, 1.54) is 13.2 Å². The number of phenols is 1. The van der Waals surface area contributed by atoms with Crippen LogP contribution in [0, 0.1) is 5.92 Å². The molecule has 3 N–H and O–H groups in total. The normalized spacial score (nSPS) is 13.4. The molecule has 5 aromatic rings. The molecule has 0 aliphatic carbocycles. The highest BCUT2D eigenvalue weighted by Gasteiger charge is 2.32. The summed E-state index contributed by atoms with van der Waals surface area (Å²) < 4.78 is 11.2. The van der Waals surface area contributed by atoms with Gasteiger partial charge in [-0.2, -0.15) is 0 Å². The van der Waals surface area contributed by atoms with E-state index < -0.39 is 42.6 Å². The Morgan fingerprint density at radius 3 is 2.40 bits per heavy atom. The van der Waals surface area contributed by atoms with Crippen molar-refractivity contribution in [2.75, 3.05) is 7.11 Å². The predicted octanol–water partition coefficient (Wildman–Crippen LogP) is 6.87. The second-order valence-electron chi connectivity index (χ2n) is 11.5. The highest BCUT2D eigenvalue weighted by Crippen LogP contribution is 2.35. The molecule has 0 bridgehead atoms. The number of carboxylic acid groups (broad SMARTS) is 2. The van der Waals surface area contributed by atoms with Crippen molar-refractivity contribution in [3.63, 3.8) is 0 Å². The first-order valence-electron chi connectivity index (χ1n) is 15.2. The van der Waals surface area contributed by atoms with Crippen LogP contribution in [0.3, 0.4) is 0 Å². The number of aliphatic carboxylic acids is 2. The van der Waals surface area contributed by atoms with Gasteiger partial charge in [0.2, 0.25) is 11.8 Å². The second kappa shape index (κ2) is 14.6. The van der Waals surface area contributed by atoms with E-state index in [0.717, 1.165) is 27.4 Å². The number of nitrogens with zero attached hydrogens (tertiary/aromatic N) is 2. The van der Waals surface area contributed by atoms with E-state index in [9.17, 15) is 29.7 Å². The summed E-state index contributed by atoms with van der Waals surface area (Å²) in [5.74, 6) is -4.23. The van der Waals surface area contributed by atoms with Gasteiger partial charge >= 0.3 is 11.9 Å². The third kappa shape index (κ3) is 7.96. The Labute approximate surface area is 271 Å². The van der Waals surface area contributed by atoms with Gasteiger partial charge in [-0.15, -0.1) is 0 Å². The number of hydrogen-bond acceptors (Lipinski definition) is 7. The number of amides is 1. The first-order valence-corrected chi connectivity index (χ1v) is 15.2. The fraction of sp³-hybridized carbons (Fsp3) is 0.243. The minimum Gasteiger partial charge on any atom is -0.504 e. The largest absolute Gasteiger partial charge is 0.504 e. The Bertz CT molecular complexity index is 1900. The van der Waals surface area contributed by atoms with Crippen molar-refractivity contribution in [2.24, 2.45) is 5.92 Å². The molecule has 10 nitrogen and oxygen atoms in total. The highest BCUT2D eigenvalue weighted by molar-refractivity contribution is 5.86. The van der Waals surface area contributed by atoms with E-state index in [1.54, 1.807) is 23.1 Å². The molecule has 47 heavy (non-hydrogen) atoms. The van der Waals surface area contributed by atoms with Crippen molar-refractivity contribution in [2.45, 2.75) is 44.7 Å². The third-order valence-corrected chi connectivity index (χ3v) is 8.35. The Balaban J connectivity index is 1.52. The third-order valence-electron chi connectivity index (χ3n) is 8.35. The highest BCUT2D eigenvalue weighted by atomic mass is 16.5. The van der Waals surface area contributed by atoms with Gasteiger partial charge in [0.1, 0.15) is 5.52 Å². The lowest BCUT2D eigenvalue weighted by atomic mass is 9.87. The lowest BCUT2D eigenvalue weighted by Crippen LogP contribution is -2.43. The molecular weight excluding hydrogens is 600 g/mol. The maximum absolute atomic E-state index is 14.0.